The van der Waals surface area contributed by atoms with Crippen LogP contribution in [0.1, 0.15) is 97.4 Å². The quantitative estimate of drug-likeness (QED) is 0.640. The molecule has 4 rings (SSSR count). The molecule has 2 aromatic carbocycles. The number of ketones is 2. The van der Waals surface area contributed by atoms with E-state index in [1.165, 1.54) is 22.3 Å². The van der Waals surface area contributed by atoms with Crippen LogP contribution >= 0.6 is 0 Å². The Bertz CT molecular complexity index is 910. The molecule has 0 amide bonds. The molecular formula is C25H28O2. The molecule has 0 atom stereocenters. The lowest BCUT2D eigenvalue weighted by Gasteiger charge is -2.30. The molecule has 0 bridgehead atoms. The van der Waals surface area contributed by atoms with Gasteiger partial charge in [0.05, 0.1) is 0 Å². The van der Waals surface area contributed by atoms with Crippen molar-refractivity contribution in [1.82, 2.24) is 0 Å². The molecule has 0 unspecified atom stereocenters. The van der Waals surface area contributed by atoms with Crippen LogP contribution in [-0.2, 0) is 16.2 Å². The van der Waals surface area contributed by atoms with Crippen LogP contribution < -0.4 is 0 Å². The fourth-order valence-corrected chi connectivity index (χ4v) is 5.77. The van der Waals surface area contributed by atoms with E-state index in [1.807, 2.05) is 12.1 Å². The Kier molecular flexibility index (Phi) is 3.64. The highest BCUT2D eigenvalue weighted by molar-refractivity contribution is 5.95. The average Bonchev–Trinajstić information content (AvgIpc) is 2.94. The van der Waals surface area contributed by atoms with Gasteiger partial charge < -0.3 is 0 Å². The molecule has 0 radical (unpaired) electrons. The monoisotopic (exact) mass is 360 g/mol. The molecule has 0 heterocycles. The highest BCUT2D eigenvalue weighted by Crippen LogP contribution is 2.62. The number of hydrogen-bond acceptors (Lipinski definition) is 2. The smallest absolute Gasteiger partial charge is 0.159 e. The van der Waals surface area contributed by atoms with E-state index in [0.29, 0.717) is 0 Å². The largest absolute Gasteiger partial charge is 0.295 e. The van der Waals surface area contributed by atoms with Gasteiger partial charge in [0.1, 0.15) is 0 Å². The second kappa shape index (κ2) is 5.41. The van der Waals surface area contributed by atoms with Gasteiger partial charge in [0.2, 0.25) is 0 Å². The van der Waals surface area contributed by atoms with E-state index in [1.54, 1.807) is 13.8 Å². The number of carbonyl (C=O) groups excluding carboxylic acids is 2. The summed E-state index contributed by atoms with van der Waals surface area (Å²) in [5.41, 5.74) is 6.90. The van der Waals surface area contributed by atoms with Crippen LogP contribution in [0.2, 0.25) is 0 Å². The number of Topliss-reactive ketones (excluding diaryl/α,β-unsaturated/α-hetero) is 2. The van der Waals surface area contributed by atoms with E-state index >= 15 is 0 Å². The number of fused-ring (bicyclic) bond motifs is 4. The molecule has 140 valence electrons. The molecule has 1 spiro atoms. The Labute approximate surface area is 162 Å². The first-order valence-corrected chi connectivity index (χ1v) is 9.80. The number of benzene rings is 2. The van der Waals surface area contributed by atoms with E-state index < -0.39 is 0 Å². The van der Waals surface area contributed by atoms with Crippen LogP contribution in [0.15, 0.2) is 36.4 Å². The Morgan fingerprint density at radius 1 is 0.667 bits per heavy atom. The van der Waals surface area contributed by atoms with Crippen LogP contribution in [0.25, 0.3) is 0 Å². The molecule has 2 heteroatoms. The zero-order chi connectivity index (χ0) is 19.8. The predicted octanol–water partition coefficient (Wildman–Crippen LogP) is 5.74. The fourth-order valence-electron chi connectivity index (χ4n) is 5.77. The highest BCUT2D eigenvalue weighted by atomic mass is 16.1. The van der Waals surface area contributed by atoms with Crippen LogP contribution in [0.4, 0.5) is 0 Å². The lowest BCUT2D eigenvalue weighted by molar-refractivity contribution is 0.100. The van der Waals surface area contributed by atoms with Gasteiger partial charge in [0.15, 0.2) is 11.6 Å². The van der Waals surface area contributed by atoms with Crippen molar-refractivity contribution in [2.75, 3.05) is 0 Å². The molecule has 2 aliphatic carbocycles. The molecule has 0 N–H and O–H groups in total. The van der Waals surface area contributed by atoms with Crippen molar-refractivity contribution in [1.29, 1.82) is 0 Å². The van der Waals surface area contributed by atoms with Gasteiger partial charge in [-0.15, -0.1) is 0 Å². The van der Waals surface area contributed by atoms with Crippen molar-refractivity contribution < 1.29 is 9.59 Å². The van der Waals surface area contributed by atoms with Crippen LogP contribution in [-0.4, -0.2) is 11.6 Å². The molecule has 0 saturated carbocycles. The third kappa shape index (κ3) is 2.46. The van der Waals surface area contributed by atoms with Crippen molar-refractivity contribution in [3.63, 3.8) is 0 Å². The van der Waals surface area contributed by atoms with Crippen molar-refractivity contribution in [3.05, 3.63) is 69.8 Å². The van der Waals surface area contributed by atoms with Gasteiger partial charge in [0.25, 0.3) is 0 Å². The van der Waals surface area contributed by atoms with Gasteiger partial charge in [-0.05, 0) is 71.9 Å². The molecule has 2 nitrogen and oxygen atoms in total. The summed E-state index contributed by atoms with van der Waals surface area (Å²) in [5, 5.41) is 0. The molecule has 27 heavy (non-hydrogen) atoms. The second-order valence-electron chi connectivity index (χ2n) is 9.84. The minimum absolute atomic E-state index is 0.0116. The third-order valence-electron chi connectivity index (χ3n) is 6.83. The fraction of sp³-hybridized carbons (Fsp3) is 0.440. The molecule has 0 aliphatic heterocycles. The van der Waals surface area contributed by atoms with E-state index in [2.05, 4.69) is 52.0 Å². The van der Waals surface area contributed by atoms with Gasteiger partial charge >= 0.3 is 0 Å². The second-order valence-corrected chi connectivity index (χ2v) is 9.84. The zero-order valence-corrected chi connectivity index (χ0v) is 17.2. The third-order valence-corrected chi connectivity index (χ3v) is 6.83. The maximum Gasteiger partial charge on any atom is 0.159 e. The van der Waals surface area contributed by atoms with Crippen molar-refractivity contribution in [2.45, 2.75) is 70.6 Å². The first-order valence-electron chi connectivity index (χ1n) is 9.80. The summed E-state index contributed by atoms with van der Waals surface area (Å²) in [5.74, 6) is 0.237. The summed E-state index contributed by atoms with van der Waals surface area (Å²) in [4.78, 5) is 23.9. The molecule has 2 aliphatic rings. The number of carbonyl (C=O) groups is 2. The number of rotatable bonds is 2. The SMILES string of the molecule is CC(=O)c1ccc2c(c1)C(C)(C)CC21CC(C)(C)c2cc(C(C)=O)ccc21. The van der Waals surface area contributed by atoms with E-state index in [4.69, 9.17) is 0 Å². The van der Waals surface area contributed by atoms with Crippen molar-refractivity contribution in [3.8, 4) is 0 Å². The Morgan fingerprint density at radius 2 is 1.04 bits per heavy atom. The summed E-state index contributed by atoms with van der Waals surface area (Å²) in [6, 6.07) is 12.6. The zero-order valence-electron chi connectivity index (χ0n) is 17.2. The summed E-state index contributed by atoms with van der Waals surface area (Å²) in [6.07, 6.45) is 2.07. The molecular weight excluding hydrogens is 332 g/mol. The van der Waals surface area contributed by atoms with Gasteiger partial charge in [-0.2, -0.15) is 0 Å². The minimum Gasteiger partial charge on any atom is -0.295 e. The topological polar surface area (TPSA) is 34.1 Å². The molecule has 2 aromatic rings. The van der Waals surface area contributed by atoms with Crippen molar-refractivity contribution in [2.24, 2.45) is 0 Å². The molecule has 0 fully saturated rings. The van der Waals surface area contributed by atoms with Crippen molar-refractivity contribution >= 4 is 11.6 Å². The Balaban J connectivity index is 1.98. The van der Waals surface area contributed by atoms with Gasteiger partial charge in [-0.25, -0.2) is 0 Å². The van der Waals surface area contributed by atoms with Gasteiger partial charge in [-0.3, -0.25) is 9.59 Å². The van der Waals surface area contributed by atoms with Gasteiger partial charge in [-0.1, -0.05) is 52.0 Å². The minimum atomic E-state index is -0.0394. The standard InChI is InChI=1S/C25H28O2/c1-15(26)17-7-9-19-21(11-17)23(3,4)13-25(19)14-24(5,6)22-12-18(16(2)27)8-10-20(22)25/h7-12H,13-14H2,1-6H3. The normalized spacial score (nSPS) is 20.4. The van der Waals surface area contributed by atoms with Crippen LogP contribution in [0.3, 0.4) is 0 Å². The van der Waals surface area contributed by atoms with E-state index in [0.717, 1.165) is 24.0 Å². The molecule has 0 aromatic heterocycles. The van der Waals surface area contributed by atoms with Crippen LogP contribution in [0.5, 0.6) is 0 Å². The summed E-state index contributed by atoms with van der Waals surface area (Å²) in [6.45, 7) is 12.4. The average molecular weight is 360 g/mol. The number of hydrogen-bond donors (Lipinski definition) is 0. The summed E-state index contributed by atoms with van der Waals surface area (Å²) < 4.78 is 0. The van der Waals surface area contributed by atoms with E-state index in [-0.39, 0.29) is 27.8 Å². The first kappa shape index (κ1) is 18.2. The van der Waals surface area contributed by atoms with Gasteiger partial charge in [0, 0.05) is 16.5 Å². The summed E-state index contributed by atoms with van der Waals surface area (Å²) >= 11 is 0. The first-order chi connectivity index (χ1) is 12.5. The van der Waals surface area contributed by atoms with E-state index in [9.17, 15) is 9.59 Å². The lowest BCUT2D eigenvalue weighted by Crippen LogP contribution is -2.26. The lowest BCUT2D eigenvalue weighted by atomic mass is 9.72. The predicted molar refractivity (Wildman–Crippen MR) is 109 cm³/mol. The maximum absolute atomic E-state index is 11.9. The Hall–Kier alpha value is -2.22. The maximum atomic E-state index is 11.9. The summed E-state index contributed by atoms with van der Waals surface area (Å²) in [7, 11) is 0. The molecule has 0 saturated heterocycles. The highest BCUT2D eigenvalue weighted by Gasteiger charge is 2.56. The van der Waals surface area contributed by atoms with Crippen LogP contribution in [0, 0.1) is 0 Å². The Morgan fingerprint density at radius 3 is 1.37 bits per heavy atom.